The second-order valence-corrected chi connectivity index (χ2v) is 6.01. The molecule has 1 heterocycles. The first kappa shape index (κ1) is 15.5. The van der Waals surface area contributed by atoms with E-state index in [1.165, 1.54) is 12.1 Å². The summed E-state index contributed by atoms with van der Waals surface area (Å²) in [7, 11) is 1.85. The molecule has 0 aliphatic heterocycles. The van der Waals surface area contributed by atoms with Gasteiger partial charge in [-0.3, -0.25) is 0 Å². The summed E-state index contributed by atoms with van der Waals surface area (Å²) < 4.78 is 38.5. The third-order valence-corrected chi connectivity index (χ3v) is 4.84. The molecule has 1 aromatic carbocycles. The zero-order valence-corrected chi connectivity index (χ0v) is 13.1. The lowest BCUT2D eigenvalue weighted by Gasteiger charge is -2.16. The molecule has 1 aromatic heterocycles. The van der Waals surface area contributed by atoms with E-state index >= 15 is 0 Å². The Bertz CT molecular complexity index is 563. The number of benzene rings is 1. The van der Waals surface area contributed by atoms with E-state index in [-0.39, 0.29) is 6.04 Å². The molecule has 0 saturated carbocycles. The topological polar surface area (TPSA) is 12.0 Å². The van der Waals surface area contributed by atoms with Crippen LogP contribution in [-0.4, -0.2) is 7.05 Å². The smallest absolute Gasteiger partial charge is 0.313 e. The van der Waals surface area contributed by atoms with E-state index in [1.54, 1.807) is 11.3 Å². The molecule has 1 atom stereocenters. The normalized spacial score (nSPS) is 13.4. The minimum Gasteiger partial charge on any atom is -0.313 e. The Hall–Kier alpha value is -0.850. The van der Waals surface area contributed by atoms with E-state index in [2.05, 4.69) is 21.2 Å². The zero-order valence-electron chi connectivity index (χ0n) is 10.7. The maximum atomic E-state index is 12.5. The van der Waals surface area contributed by atoms with Crippen molar-refractivity contribution >= 4 is 27.3 Å². The van der Waals surface area contributed by atoms with Gasteiger partial charge in [0.15, 0.2) is 0 Å². The Morgan fingerprint density at radius 3 is 2.30 bits per heavy atom. The van der Waals surface area contributed by atoms with Crippen molar-refractivity contribution in [3.8, 4) is 0 Å². The average Bonchev–Trinajstić information content (AvgIpc) is 2.82. The lowest BCUT2D eigenvalue weighted by Crippen LogP contribution is -2.18. The van der Waals surface area contributed by atoms with Gasteiger partial charge in [-0.25, -0.2) is 0 Å². The van der Waals surface area contributed by atoms with Gasteiger partial charge in [0, 0.05) is 15.9 Å². The van der Waals surface area contributed by atoms with E-state index in [1.807, 2.05) is 17.8 Å². The van der Waals surface area contributed by atoms with Gasteiger partial charge in [-0.2, -0.15) is 24.5 Å². The van der Waals surface area contributed by atoms with Crippen LogP contribution in [0.5, 0.6) is 0 Å². The molecule has 1 unspecified atom stereocenters. The number of halogens is 4. The molecule has 2 rings (SSSR count). The van der Waals surface area contributed by atoms with Crippen LogP contribution in [0.2, 0.25) is 0 Å². The van der Waals surface area contributed by atoms with Crippen LogP contribution in [0.1, 0.15) is 22.7 Å². The molecule has 0 aliphatic rings. The molecule has 0 saturated heterocycles. The van der Waals surface area contributed by atoms with Crippen LogP contribution in [0, 0.1) is 0 Å². The van der Waals surface area contributed by atoms with Crippen LogP contribution in [-0.2, 0) is 12.6 Å². The van der Waals surface area contributed by atoms with Gasteiger partial charge in [-0.15, -0.1) is 0 Å². The van der Waals surface area contributed by atoms with Gasteiger partial charge in [-0.05, 0) is 58.0 Å². The van der Waals surface area contributed by atoms with Crippen LogP contribution in [0.3, 0.4) is 0 Å². The maximum absolute atomic E-state index is 12.5. The van der Waals surface area contributed by atoms with Gasteiger partial charge in [-0.1, -0.05) is 12.1 Å². The molecule has 0 spiro atoms. The third-order valence-electron chi connectivity index (χ3n) is 3.09. The number of hydrogen-bond acceptors (Lipinski definition) is 2. The molecule has 20 heavy (non-hydrogen) atoms. The Labute approximate surface area is 128 Å². The Morgan fingerprint density at radius 1 is 1.20 bits per heavy atom. The molecule has 1 N–H and O–H groups in total. The maximum Gasteiger partial charge on any atom is 0.416 e. The SMILES string of the molecule is CNC(Cc1ccc(C(F)(F)F)cc1)c1cscc1Br. The fourth-order valence-electron chi connectivity index (χ4n) is 1.97. The lowest BCUT2D eigenvalue weighted by atomic mass is 10.0. The predicted octanol–water partition coefficient (Wildman–Crippen LogP) is 5.03. The monoisotopic (exact) mass is 363 g/mol. The number of nitrogens with one attached hydrogen (secondary N) is 1. The highest BCUT2D eigenvalue weighted by Crippen LogP contribution is 2.31. The van der Waals surface area contributed by atoms with Crippen molar-refractivity contribution < 1.29 is 13.2 Å². The third kappa shape index (κ3) is 3.62. The number of alkyl halides is 3. The van der Waals surface area contributed by atoms with Gasteiger partial charge in [0.05, 0.1) is 5.56 Å². The summed E-state index contributed by atoms with van der Waals surface area (Å²) in [5.74, 6) is 0. The quantitative estimate of drug-likeness (QED) is 0.802. The predicted molar refractivity (Wildman–Crippen MR) is 79.0 cm³/mol. The highest BCUT2D eigenvalue weighted by Gasteiger charge is 2.30. The van der Waals surface area contributed by atoms with Gasteiger partial charge < -0.3 is 5.32 Å². The van der Waals surface area contributed by atoms with E-state index in [0.717, 1.165) is 27.7 Å². The molecule has 2 aromatic rings. The number of likely N-dealkylation sites (N-methyl/N-ethyl adjacent to an activating group) is 1. The number of thiophene rings is 1. The highest BCUT2D eigenvalue weighted by atomic mass is 79.9. The Kier molecular flexibility index (Phi) is 4.88. The van der Waals surface area contributed by atoms with E-state index in [4.69, 9.17) is 0 Å². The van der Waals surface area contributed by atoms with E-state index < -0.39 is 11.7 Å². The number of hydrogen-bond donors (Lipinski definition) is 1. The molecule has 0 aliphatic carbocycles. The second-order valence-electron chi connectivity index (χ2n) is 4.42. The van der Waals surface area contributed by atoms with Gasteiger partial charge in [0.1, 0.15) is 0 Å². The van der Waals surface area contributed by atoms with Crippen molar-refractivity contribution in [1.82, 2.24) is 5.32 Å². The van der Waals surface area contributed by atoms with Crippen molar-refractivity contribution in [2.75, 3.05) is 7.05 Å². The Balaban J connectivity index is 2.15. The standard InChI is InChI=1S/C14H13BrF3NS/c1-19-13(11-7-20-8-12(11)15)6-9-2-4-10(5-3-9)14(16,17)18/h2-5,7-8,13,19H,6H2,1H3. The van der Waals surface area contributed by atoms with Crippen molar-refractivity contribution in [2.24, 2.45) is 0 Å². The fourth-order valence-corrected chi connectivity index (χ4v) is 3.60. The summed E-state index contributed by atoms with van der Waals surface area (Å²) in [5.41, 5.74) is 1.38. The molecule has 6 heteroatoms. The van der Waals surface area contributed by atoms with Crippen LogP contribution in [0.4, 0.5) is 13.2 Å². The second kappa shape index (κ2) is 6.28. The van der Waals surface area contributed by atoms with Crippen molar-refractivity contribution in [2.45, 2.75) is 18.6 Å². The van der Waals surface area contributed by atoms with Gasteiger partial charge >= 0.3 is 6.18 Å². The average molecular weight is 364 g/mol. The van der Waals surface area contributed by atoms with Crippen LogP contribution < -0.4 is 5.32 Å². The summed E-state index contributed by atoms with van der Waals surface area (Å²) in [6.45, 7) is 0. The first-order valence-corrected chi connectivity index (χ1v) is 7.70. The van der Waals surface area contributed by atoms with Crippen LogP contribution >= 0.6 is 27.3 Å². The summed E-state index contributed by atoms with van der Waals surface area (Å²) in [6.07, 6.45) is -3.64. The molecule has 0 radical (unpaired) electrons. The van der Waals surface area contributed by atoms with Crippen molar-refractivity contribution in [3.05, 3.63) is 56.2 Å². The summed E-state index contributed by atoms with van der Waals surface area (Å²) in [4.78, 5) is 0. The largest absolute Gasteiger partial charge is 0.416 e. The highest BCUT2D eigenvalue weighted by molar-refractivity contribution is 9.10. The minimum absolute atomic E-state index is 0.0763. The molecular formula is C14H13BrF3NS. The zero-order chi connectivity index (χ0) is 14.8. The first-order chi connectivity index (χ1) is 9.41. The summed E-state index contributed by atoms with van der Waals surface area (Å²) >= 11 is 5.07. The Morgan fingerprint density at radius 2 is 1.85 bits per heavy atom. The lowest BCUT2D eigenvalue weighted by molar-refractivity contribution is -0.137. The fraction of sp³-hybridized carbons (Fsp3) is 0.286. The summed E-state index contributed by atoms with van der Waals surface area (Å²) in [5, 5.41) is 7.22. The van der Waals surface area contributed by atoms with E-state index in [9.17, 15) is 13.2 Å². The molecule has 108 valence electrons. The van der Waals surface area contributed by atoms with Crippen LogP contribution in [0.15, 0.2) is 39.5 Å². The van der Waals surface area contributed by atoms with E-state index in [0.29, 0.717) is 6.42 Å². The molecule has 1 nitrogen and oxygen atoms in total. The summed E-state index contributed by atoms with van der Waals surface area (Å²) in [6, 6.07) is 5.41. The van der Waals surface area contributed by atoms with Crippen LogP contribution in [0.25, 0.3) is 0 Å². The van der Waals surface area contributed by atoms with Gasteiger partial charge in [0.25, 0.3) is 0 Å². The van der Waals surface area contributed by atoms with Crippen molar-refractivity contribution in [1.29, 1.82) is 0 Å². The molecule has 0 bridgehead atoms. The molecular weight excluding hydrogens is 351 g/mol. The van der Waals surface area contributed by atoms with Crippen molar-refractivity contribution in [3.63, 3.8) is 0 Å². The molecule has 0 amide bonds. The first-order valence-electron chi connectivity index (χ1n) is 5.97. The minimum atomic E-state index is -4.28. The van der Waals surface area contributed by atoms with Gasteiger partial charge in [0.2, 0.25) is 0 Å². The molecule has 0 fully saturated rings. The number of rotatable bonds is 4.